The highest BCUT2D eigenvalue weighted by atomic mass is 35.5. The lowest BCUT2D eigenvalue weighted by Crippen LogP contribution is -2.53. The smallest absolute Gasteiger partial charge is 0.264 e. The second-order valence-corrected chi connectivity index (χ2v) is 12.8. The van der Waals surface area contributed by atoms with Crippen molar-refractivity contribution in [2.24, 2.45) is 0 Å². The molecule has 0 spiro atoms. The number of halogens is 1. The number of rotatable bonds is 14. The van der Waals surface area contributed by atoms with Crippen LogP contribution in [0.5, 0.6) is 5.75 Å². The lowest BCUT2D eigenvalue weighted by molar-refractivity contribution is -0.140. The highest BCUT2D eigenvalue weighted by Gasteiger charge is 2.34. The summed E-state index contributed by atoms with van der Waals surface area (Å²) in [4.78, 5) is 29.5. The zero-order chi connectivity index (χ0) is 32.4. The maximum Gasteiger partial charge on any atom is 0.264 e. The van der Waals surface area contributed by atoms with E-state index in [0.29, 0.717) is 23.9 Å². The summed E-state index contributed by atoms with van der Waals surface area (Å²) in [5.41, 5.74) is 2.96. The predicted octanol–water partition coefficient (Wildman–Crippen LogP) is 6.02. The van der Waals surface area contributed by atoms with E-state index in [9.17, 15) is 18.0 Å². The number of sulfonamides is 1. The highest BCUT2D eigenvalue weighted by molar-refractivity contribution is 7.92. The van der Waals surface area contributed by atoms with Gasteiger partial charge in [0.2, 0.25) is 11.8 Å². The van der Waals surface area contributed by atoms with Gasteiger partial charge in [-0.2, -0.15) is 0 Å². The number of ether oxygens (including phenoxy) is 1. The van der Waals surface area contributed by atoms with Crippen molar-refractivity contribution >= 4 is 39.1 Å². The van der Waals surface area contributed by atoms with Crippen LogP contribution in [0.1, 0.15) is 30.5 Å². The van der Waals surface area contributed by atoms with E-state index in [2.05, 4.69) is 5.32 Å². The minimum atomic E-state index is -4.23. The molecule has 2 amide bonds. The van der Waals surface area contributed by atoms with Gasteiger partial charge in [0.05, 0.1) is 17.2 Å². The number of hydrogen-bond donors (Lipinski definition) is 1. The molecule has 4 aromatic carbocycles. The number of nitrogens with zero attached hydrogens (tertiary/aromatic N) is 2. The lowest BCUT2D eigenvalue weighted by atomic mass is 10.0. The summed E-state index contributed by atoms with van der Waals surface area (Å²) in [6.07, 6.45) is 0.247. The summed E-state index contributed by atoms with van der Waals surface area (Å²) < 4.78 is 34.8. The van der Waals surface area contributed by atoms with Crippen molar-refractivity contribution in [2.75, 3.05) is 24.0 Å². The third kappa shape index (κ3) is 8.86. The van der Waals surface area contributed by atoms with Gasteiger partial charge in [0.15, 0.2) is 0 Å². The average Bonchev–Trinajstić information content (AvgIpc) is 3.03. The van der Waals surface area contributed by atoms with Crippen molar-refractivity contribution in [2.45, 2.75) is 44.7 Å². The molecule has 0 saturated heterocycles. The number of hydrogen-bond acceptors (Lipinski definition) is 5. The third-order valence-corrected chi connectivity index (χ3v) is 9.21. The van der Waals surface area contributed by atoms with Crippen LogP contribution in [0.4, 0.5) is 5.69 Å². The molecule has 0 fully saturated rings. The van der Waals surface area contributed by atoms with Gasteiger partial charge in [0, 0.05) is 24.5 Å². The zero-order valence-corrected chi connectivity index (χ0v) is 27.2. The first-order valence-corrected chi connectivity index (χ1v) is 16.6. The molecule has 1 N–H and O–H groups in total. The molecule has 0 bridgehead atoms. The van der Waals surface area contributed by atoms with Gasteiger partial charge in [0.25, 0.3) is 10.0 Å². The Kier molecular flexibility index (Phi) is 11.6. The van der Waals surface area contributed by atoms with Gasteiger partial charge in [-0.15, -0.1) is 0 Å². The topological polar surface area (TPSA) is 96.0 Å². The minimum absolute atomic E-state index is 0.0246. The first kappa shape index (κ1) is 33.6. The standard InChI is InChI=1S/C35H38ClN3O5S/c1-4-37-35(41)33(23-27-11-7-6-8-12-27)38(24-28-13-9-10-26(3)22-28)34(40)25-39(30-16-18-31(19-17-30)44-5-2)45(42,43)32-20-14-29(36)15-21-32/h6-22,33H,4-5,23-25H2,1-3H3,(H,37,41). The van der Waals surface area contributed by atoms with Gasteiger partial charge in [-0.1, -0.05) is 71.8 Å². The molecule has 0 aromatic heterocycles. The maximum atomic E-state index is 14.5. The monoisotopic (exact) mass is 647 g/mol. The lowest BCUT2D eigenvalue weighted by Gasteiger charge is -2.34. The fraction of sp³-hybridized carbons (Fsp3) is 0.257. The Labute approximate surface area is 270 Å². The van der Waals surface area contributed by atoms with Gasteiger partial charge >= 0.3 is 0 Å². The molecule has 8 nitrogen and oxygen atoms in total. The Bertz CT molecular complexity index is 1680. The fourth-order valence-corrected chi connectivity index (χ4v) is 6.53. The van der Waals surface area contributed by atoms with Crippen molar-refractivity contribution in [1.82, 2.24) is 10.2 Å². The van der Waals surface area contributed by atoms with Gasteiger partial charge < -0.3 is 15.0 Å². The Morgan fingerprint density at radius 2 is 1.53 bits per heavy atom. The van der Waals surface area contributed by atoms with Crippen LogP contribution in [0.2, 0.25) is 5.02 Å². The van der Waals surface area contributed by atoms with E-state index >= 15 is 0 Å². The first-order valence-electron chi connectivity index (χ1n) is 14.8. The summed E-state index contributed by atoms with van der Waals surface area (Å²) in [5, 5.41) is 3.25. The molecule has 0 radical (unpaired) electrons. The largest absolute Gasteiger partial charge is 0.494 e. The summed E-state index contributed by atoms with van der Waals surface area (Å²) in [7, 11) is -4.23. The second-order valence-electron chi connectivity index (χ2n) is 10.5. The molecular weight excluding hydrogens is 610 g/mol. The van der Waals surface area contributed by atoms with Crippen molar-refractivity contribution in [1.29, 1.82) is 0 Å². The summed E-state index contributed by atoms with van der Waals surface area (Å²) >= 11 is 6.06. The van der Waals surface area contributed by atoms with E-state index < -0.39 is 28.5 Å². The normalized spacial score (nSPS) is 11.8. The van der Waals surface area contributed by atoms with Gasteiger partial charge in [-0.25, -0.2) is 8.42 Å². The number of carbonyl (C=O) groups excluding carboxylic acids is 2. The Balaban J connectivity index is 1.79. The summed E-state index contributed by atoms with van der Waals surface area (Å²) in [6, 6.07) is 28.5. The number of carbonyl (C=O) groups is 2. The van der Waals surface area contributed by atoms with Crippen molar-refractivity contribution in [3.8, 4) is 5.75 Å². The van der Waals surface area contributed by atoms with E-state index in [1.165, 1.54) is 29.2 Å². The van der Waals surface area contributed by atoms with E-state index in [1.807, 2.05) is 75.4 Å². The van der Waals surface area contributed by atoms with E-state index in [1.54, 1.807) is 24.3 Å². The second kappa shape index (κ2) is 15.6. The van der Waals surface area contributed by atoms with Gasteiger partial charge in [-0.05, 0) is 80.4 Å². The van der Waals surface area contributed by atoms with Crippen molar-refractivity contribution in [3.05, 3.63) is 125 Å². The minimum Gasteiger partial charge on any atom is -0.494 e. The molecular formula is C35H38ClN3O5S. The number of benzene rings is 4. The number of anilines is 1. The van der Waals surface area contributed by atoms with E-state index in [0.717, 1.165) is 21.0 Å². The summed E-state index contributed by atoms with van der Waals surface area (Å²) in [6.45, 7) is 6.00. The molecule has 0 saturated carbocycles. The molecule has 0 aliphatic heterocycles. The number of amides is 2. The quantitative estimate of drug-likeness (QED) is 0.181. The molecule has 10 heteroatoms. The zero-order valence-electron chi connectivity index (χ0n) is 25.6. The molecule has 0 aliphatic rings. The van der Waals surface area contributed by atoms with Crippen molar-refractivity contribution < 1.29 is 22.7 Å². The fourth-order valence-electron chi connectivity index (χ4n) is 4.99. The Morgan fingerprint density at radius 1 is 0.867 bits per heavy atom. The van der Waals surface area contributed by atoms with Crippen LogP contribution >= 0.6 is 11.6 Å². The Hall–Kier alpha value is -4.34. The molecule has 4 rings (SSSR count). The van der Waals surface area contributed by atoms with Crippen LogP contribution < -0.4 is 14.4 Å². The number of aryl methyl sites for hydroxylation is 1. The van der Waals surface area contributed by atoms with Crippen LogP contribution in [0.15, 0.2) is 108 Å². The number of nitrogens with one attached hydrogen (secondary N) is 1. The molecule has 0 heterocycles. The molecule has 0 aliphatic carbocycles. The maximum absolute atomic E-state index is 14.5. The van der Waals surface area contributed by atoms with Crippen LogP contribution in [-0.4, -0.2) is 50.9 Å². The average molecular weight is 648 g/mol. The molecule has 4 aromatic rings. The Morgan fingerprint density at radius 3 is 2.16 bits per heavy atom. The molecule has 236 valence electrons. The molecule has 45 heavy (non-hydrogen) atoms. The van der Waals surface area contributed by atoms with Crippen LogP contribution in [0.25, 0.3) is 0 Å². The van der Waals surface area contributed by atoms with Gasteiger partial charge in [-0.3, -0.25) is 13.9 Å². The van der Waals surface area contributed by atoms with Crippen LogP contribution in [0, 0.1) is 6.92 Å². The number of likely N-dealkylation sites (N-methyl/N-ethyl adjacent to an activating group) is 1. The highest BCUT2D eigenvalue weighted by Crippen LogP contribution is 2.28. The SMILES string of the molecule is CCNC(=O)C(Cc1ccccc1)N(Cc1cccc(C)c1)C(=O)CN(c1ccc(OCC)cc1)S(=O)(=O)c1ccc(Cl)cc1. The third-order valence-electron chi connectivity index (χ3n) is 7.17. The summed E-state index contributed by atoms with van der Waals surface area (Å²) in [5.74, 6) is -0.290. The molecule has 1 atom stereocenters. The van der Waals surface area contributed by atoms with E-state index in [-0.39, 0.29) is 29.5 Å². The van der Waals surface area contributed by atoms with Crippen LogP contribution in [0.3, 0.4) is 0 Å². The molecule has 1 unspecified atom stereocenters. The predicted molar refractivity (Wildman–Crippen MR) is 178 cm³/mol. The first-order chi connectivity index (χ1) is 21.6. The van der Waals surface area contributed by atoms with Crippen molar-refractivity contribution in [3.63, 3.8) is 0 Å². The van der Waals surface area contributed by atoms with Gasteiger partial charge in [0.1, 0.15) is 18.3 Å². The van der Waals surface area contributed by atoms with Crippen LogP contribution in [-0.2, 0) is 32.6 Å². The van der Waals surface area contributed by atoms with E-state index in [4.69, 9.17) is 16.3 Å².